The number of nitrogens with one attached hydrogen (secondary N) is 2. The molecule has 0 fully saturated rings. The van der Waals surface area contributed by atoms with Gasteiger partial charge in [-0.1, -0.05) is 41.9 Å². The standard InChI is InChI=1S/C27H28ClF3N2O3/c1-32-26(34)25(18-6-11-21(28)12-7-18)33-15-14-22(17-4-9-20(10-5-17)27(29,30)31)19-8-13-23(35-2)24(16-19)36-3/h4-13,16,22,25,33H,14-15H2,1-3H3,(H,32,34)/t22-,25+/m0/s1. The summed E-state index contributed by atoms with van der Waals surface area (Å²) in [4.78, 5) is 12.6. The van der Waals surface area contributed by atoms with E-state index in [1.807, 2.05) is 12.1 Å². The molecular weight excluding hydrogens is 493 g/mol. The third-order valence-corrected chi connectivity index (χ3v) is 6.20. The predicted molar refractivity (Wildman–Crippen MR) is 134 cm³/mol. The van der Waals surface area contributed by atoms with Crippen molar-refractivity contribution >= 4 is 17.5 Å². The Morgan fingerprint density at radius 2 is 1.47 bits per heavy atom. The van der Waals surface area contributed by atoms with Crippen molar-refractivity contribution in [2.45, 2.75) is 24.6 Å². The van der Waals surface area contributed by atoms with Crippen molar-refractivity contribution < 1.29 is 27.4 Å². The quantitative estimate of drug-likeness (QED) is 0.345. The number of alkyl halides is 3. The molecule has 1 amide bonds. The summed E-state index contributed by atoms with van der Waals surface area (Å²) >= 11 is 5.99. The predicted octanol–water partition coefficient (Wildman–Crippen LogP) is 5.97. The fourth-order valence-electron chi connectivity index (χ4n) is 4.03. The minimum absolute atomic E-state index is 0.213. The number of amides is 1. The van der Waals surface area contributed by atoms with E-state index < -0.39 is 17.8 Å². The van der Waals surface area contributed by atoms with Crippen molar-refractivity contribution in [3.05, 3.63) is 94.0 Å². The van der Waals surface area contributed by atoms with Gasteiger partial charge in [0.05, 0.1) is 19.8 Å². The summed E-state index contributed by atoms with van der Waals surface area (Å²) in [5.41, 5.74) is 1.59. The Kier molecular flexibility index (Phi) is 9.23. The van der Waals surface area contributed by atoms with E-state index in [1.54, 1.807) is 37.4 Å². The molecule has 5 nitrogen and oxygen atoms in total. The summed E-state index contributed by atoms with van der Waals surface area (Å²) in [7, 11) is 4.61. The van der Waals surface area contributed by atoms with Crippen molar-refractivity contribution in [1.29, 1.82) is 0 Å². The van der Waals surface area contributed by atoms with Crippen LogP contribution in [0.5, 0.6) is 11.5 Å². The average Bonchev–Trinajstić information content (AvgIpc) is 2.88. The zero-order valence-electron chi connectivity index (χ0n) is 20.2. The van der Waals surface area contributed by atoms with E-state index >= 15 is 0 Å². The van der Waals surface area contributed by atoms with Gasteiger partial charge in [0.1, 0.15) is 6.04 Å². The molecule has 192 valence electrons. The highest BCUT2D eigenvalue weighted by atomic mass is 35.5. The van der Waals surface area contributed by atoms with Gasteiger partial charge in [-0.05, 0) is 66.1 Å². The maximum Gasteiger partial charge on any atom is 0.416 e. The number of rotatable bonds is 10. The zero-order valence-corrected chi connectivity index (χ0v) is 20.9. The first kappa shape index (κ1) is 27.4. The molecule has 2 N–H and O–H groups in total. The Hall–Kier alpha value is -3.23. The lowest BCUT2D eigenvalue weighted by molar-refractivity contribution is -0.137. The molecule has 0 aromatic heterocycles. The maximum absolute atomic E-state index is 13.1. The van der Waals surface area contributed by atoms with Gasteiger partial charge in [-0.15, -0.1) is 0 Å². The van der Waals surface area contributed by atoms with Gasteiger partial charge < -0.3 is 20.1 Å². The summed E-state index contributed by atoms with van der Waals surface area (Å²) in [6, 6.07) is 16.9. The average molecular weight is 521 g/mol. The fourth-order valence-corrected chi connectivity index (χ4v) is 4.16. The molecule has 3 rings (SSSR count). The van der Waals surface area contributed by atoms with Gasteiger partial charge in [0.15, 0.2) is 11.5 Å². The third-order valence-electron chi connectivity index (χ3n) is 5.94. The van der Waals surface area contributed by atoms with E-state index in [1.165, 1.54) is 26.4 Å². The van der Waals surface area contributed by atoms with Crippen LogP contribution in [0.3, 0.4) is 0 Å². The van der Waals surface area contributed by atoms with Crippen LogP contribution in [-0.2, 0) is 11.0 Å². The number of carbonyl (C=O) groups excluding carboxylic acids is 1. The van der Waals surface area contributed by atoms with E-state index in [-0.39, 0.29) is 11.8 Å². The first-order valence-electron chi connectivity index (χ1n) is 11.3. The normalized spacial score (nSPS) is 13.1. The lowest BCUT2D eigenvalue weighted by Crippen LogP contribution is -2.36. The molecule has 0 aliphatic heterocycles. The second-order valence-corrected chi connectivity index (χ2v) is 8.56. The molecule has 0 bridgehead atoms. The highest BCUT2D eigenvalue weighted by Gasteiger charge is 2.30. The van der Waals surface area contributed by atoms with Crippen molar-refractivity contribution in [2.24, 2.45) is 0 Å². The van der Waals surface area contributed by atoms with Crippen LogP contribution in [0.4, 0.5) is 13.2 Å². The van der Waals surface area contributed by atoms with E-state index in [4.69, 9.17) is 21.1 Å². The minimum Gasteiger partial charge on any atom is -0.493 e. The van der Waals surface area contributed by atoms with Gasteiger partial charge in [-0.2, -0.15) is 13.2 Å². The molecule has 2 atom stereocenters. The molecule has 0 heterocycles. The number of ether oxygens (including phenoxy) is 2. The molecule has 0 aliphatic rings. The Labute approximate surface area is 213 Å². The van der Waals surface area contributed by atoms with Gasteiger partial charge in [0.2, 0.25) is 5.91 Å². The molecule has 0 spiro atoms. The summed E-state index contributed by atoms with van der Waals surface area (Å²) in [5, 5.41) is 6.49. The van der Waals surface area contributed by atoms with Crippen molar-refractivity contribution in [3.63, 3.8) is 0 Å². The van der Waals surface area contributed by atoms with Crippen molar-refractivity contribution in [3.8, 4) is 11.5 Å². The molecule has 3 aromatic rings. The van der Waals surface area contributed by atoms with E-state index in [2.05, 4.69) is 10.6 Å². The Morgan fingerprint density at radius 3 is 2.03 bits per heavy atom. The molecule has 0 saturated carbocycles. The number of hydrogen-bond acceptors (Lipinski definition) is 4. The maximum atomic E-state index is 13.1. The summed E-state index contributed by atoms with van der Waals surface area (Å²) in [5.74, 6) is 0.585. The number of halogens is 4. The van der Waals surface area contributed by atoms with Crippen LogP contribution in [0.25, 0.3) is 0 Å². The summed E-state index contributed by atoms with van der Waals surface area (Å²) in [6.45, 7) is 0.404. The van der Waals surface area contributed by atoms with Gasteiger partial charge in [0, 0.05) is 18.0 Å². The Morgan fingerprint density at radius 1 is 0.889 bits per heavy atom. The molecular formula is C27H28ClF3N2O3. The monoisotopic (exact) mass is 520 g/mol. The van der Waals surface area contributed by atoms with Crippen LogP contribution in [-0.4, -0.2) is 33.7 Å². The molecule has 0 unspecified atom stereocenters. The van der Waals surface area contributed by atoms with Crippen LogP contribution in [0.15, 0.2) is 66.7 Å². The number of methoxy groups -OCH3 is 2. The largest absolute Gasteiger partial charge is 0.493 e. The molecule has 0 radical (unpaired) electrons. The third kappa shape index (κ3) is 6.71. The molecule has 0 saturated heterocycles. The van der Waals surface area contributed by atoms with Crippen LogP contribution in [0, 0.1) is 0 Å². The second-order valence-electron chi connectivity index (χ2n) is 8.13. The first-order chi connectivity index (χ1) is 17.2. The van der Waals surface area contributed by atoms with Crippen LogP contribution in [0.2, 0.25) is 5.02 Å². The zero-order chi connectivity index (χ0) is 26.3. The topological polar surface area (TPSA) is 59.6 Å². The Bertz CT molecular complexity index is 1150. The molecule has 3 aromatic carbocycles. The number of carbonyl (C=O) groups is 1. The number of benzene rings is 3. The van der Waals surface area contributed by atoms with E-state index in [0.29, 0.717) is 35.1 Å². The SMILES string of the molecule is CNC(=O)[C@H](NCC[C@@H](c1ccc(C(F)(F)F)cc1)c1ccc(OC)c(OC)c1)c1ccc(Cl)cc1. The Balaban J connectivity index is 1.89. The lowest BCUT2D eigenvalue weighted by atomic mass is 9.87. The van der Waals surface area contributed by atoms with E-state index in [9.17, 15) is 18.0 Å². The number of hydrogen-bond donors (Lipinski definition) is 2. The van der Waals surface area contributed by atoms with Gasteiger partial charge >= 0.3 is 6.18 Å². The second kappa shape index (κ2) is 12.1. The molecule has 36 heavy (non-hydrogen) atoms. The number of likely N-dealkylation sites (N-methyl/N-ethyl adjacent to an activating group) is 1. The van der Waals surface area contributed by atoms with Crippen molar-refractivity contribution in [2.75, 3.05) is 27.8 Å². The smallest absolute Gasteiger partial charge is 0.416 e. The lowest BCUT2D eigenvalue weighted by Gasteiger charge is -2.23. The highest BCUT2D eigenvalue weighted by Crippen LogP contribution is 2.36. The minimum atomic E-state index is -4.42. The molecule has 9 heteroatoms. The highest BCUT2D eigenvalue weighted by molar-refractivity contribution is 6.30. The summed E-state index contributed by atoms with van der Waals surface area (Å²) in [6.07, 6.45) is -3.92. The first-order valence-corrected chi connectivity index (χ1v) is 11.6. The van der Waals surface area contributed by atoms with Crippen LogP contribution >= 0.6 is 11.6 Å². The van der Waals surface area contributed by atoms with Crippen LogP contribution < -0.4 is 20.1 Å². The van der Waals surface area contributed by atoms with Gasteiger partial charge in [0.25, 0.3) is 0 Å². The van der Waals surface area contributed by atoms with Gasteiger partial charge in [-0.3, -0.25) is 4.79 Å². The van der Waals surface area contributed by atoms with Crippen LogP contribution in [0.1, 0.15) is 40.6 Å². The fraction of sp³-hybridized carbons (Fsp3) is 0.296. The van der Waals surface area contributed by atoms with Crippen molar-refractivity contribution in [1.82, 2.24) is 10.6 Å². The molecule has 0 aliphatic carbocycles. The van der Waals surface area contributed by atoms with E-state index in [0.717, 1.165) is 23.3 Å². The summed E-state index contributed by atoms with van der Waals surface area (Å²) < 4.78 is 50.1. The van der Waals surface area contributed by atoms with Gasteiger partial charge in [-0.25, -0.2) is 0 Å².